The van der Waals surface area contributed by atoms with Crippen molar-refractivity contribution >= 4 is 26.4 Å². The first-order valence-corrected chi connectivity index (χ1v) is 7.97. The molecule has 2 aromatic rings. The zero-order valence-corrected chi connectivity index (χ0v) is 11.3. The highest BCUT2D eigenvalue weighted by Gasteiger charge is 2.23. The second-order valence-corrected chi connectivity index (χ2v) is 7.06. The number of benzene rings is 1. The minimum absolute atomic E-state index is 0.0502. The van der Waals surface area contributed by atoms with Crippen molar-refractivity contribution in [1.82, 2.24) is 4.98 Å². The summed E-state index contributed by atoms with van der Waals surface area (Å²) >= 11 is 0. The second-order valence-electron chi connectivity index (χ2n) is 4.75. The maximum Gasteiger partial charge on any atom is 0.153 e. The van der Waals surface area contributed by atoms with Crippen LogP contribution in [0.2, 0.25) is 0 Å². The Hall–Kier alpha value is -1.76. The van der Waals surface area contributed by atoms with Gasteiger partial charge in [0.2, 0.25) is 0 Å². The Morgan fingerprint density at radius 1 is 1.15 bits per heavy atom. The summed E-state index contributed by atoms with van der Waals surface area (Å²) in [5, 5.41) is 0.365. The first kappa shape index (κ1) is 13.2. The Morgan fingerprint density at radius 3 is 2.55 bits per heavy atom. The topological polar surface area (TPSA) is 50.3 Å². The van der Waals surface area contributed by atoms with E-state index >= 15 is 0 Å². The van der Waals surface area contributed by atoms with Gasteiger partial charge in [-0.25, -0.2) is 17.2 Å². The van der Waals surface area contributed by atoms with Gasteiger partial charge in [-0.05, 0) is 12.1 Å². The smallest absolute Gasteiger partial charge is 0.153 e. The van der Waals surface area contributed by atoms with Crippen molar-refractivity contribution in [1.29, 1.82) is 0 Å². The first-order valence-electron chi connectivity index (χ1n) is 6.15. The molecule has 1 fully saturated rings. The Bertz CT molecular complexity index is 763. The fraction of sp³-hybridized carbons (Fsp3) is 0.308. The Morgan fingerprint density at radius 2 is 1.85 bits per heavy atom. The third kappa shape index (κ3) is 2.33. The largest absolute Gasteiger partial charge is 0.369 e. The molecule has 106 valence electrons. The number of rotatable bonds is 1. The Kier molecular flexibility index (Phi) is 3.08. The lowest BCUT2D eigenvalue weighted by molar-refractivity contribution is 0.585. The summed E-state index contributed by atoms with van der Waals surface area (Å²) in [6, 6.07) is 3.67. The molecule has 1 aliphatic heterocycles. The van der Waals surface area contributed by atoms with Gasteiger partial charge in [0.15, 0.2) is 15.7 Å². The summed E-state index contributed by atoms with van der Waals surface area (Å²) < 4.78 is 50.0. The van der Waals surface area contributed by atoms with Gasteiger partial charge in [-0.3, -0.25) is 4.98 Å². The van der Waals surface area contributed by atoms with E-state index < -0.39 is 21.5 Å². The third-order valence-corrected chi connectivity index (χ3v) is 5.03. The lowest BCUT2D eigenvalue weighted by atomic mass is 10.1. The van der Waals surface area contributed by atoms with Crippen molar-refractivity contribution in [3.8, 4) is 0 Å². The fourth-order valence-electron chi connectivity index (χ4n) is 2.39. The summed E-state index contributed by atoms with van der Waals surface area (Å²) in [6.07, 6.45) is 1.45. The highest BCUT2D eigenvalue weighted by atomic mass is 32.2. The van der Waals surface area contributed by atoms with Crippen LogP contribution in [-0.4, -0.2) is 38.0 Å². The van der Waals surface area contributed by atoms with E-state index in [-0.39, 0.29) is 17.0 Å². The van der Waals surface area contributed by atoms with Crippen LogP contribution < -0.4 is 4.90 Å². The Labute approximate surface area is 115 Å². The zero-order valence-electron chi connectivity index (χ0n) is 10.5. The number of hydrogen-bond acceptors (Lipinski definition) is 4. The zero-order chi connectivity index (χ0) is 14.3. The number of nitrogens with zero attached hydrogens (tertiary/aromatic N) is 2. The van der Waals surface area contributed by atoms with E-state index in [1.807, 2.05) is 4.90 Å². The van der Waals surface area contributed by atoms with Gasteiger partial charge in [-0.2, -0.15) is 0 Å². The molecule has 0 unspecified atom stereocenters. The molecule has 0 bridgehead atoms. The molecule has 0 radical (unpaired) electrons. The first-order chi connectivity index (χ1) is 9.46. The number of hydrogen-bond donors (Lipinski definition) is 0. The molecule has 0 aliphatic carbocycles. The van der Waals surface area contributed by atoms with E-state index in [1.165, 1.54) is 12.3 Å². The summed E-state index contributed by atoms with van der Waals surface area (Å²) in [5.41, 5.74) is 0.709. The molecule has 4 nitrogen and oxygen atoms in total. The molecule has 0 amide bonds. The maximum absolute atomic E-state index is 13.7. The standard InChI is InChI=1S/C13H12F2N2O2S/c14-9-7-10-12(1-2-16-13(10)11(15)8-9)17-3-5-20(18,19)6-4-17/h1-2,7-8H,3-6H2. The lowest BCUT2D eigenvalue weighted by Crippen LogP contribution is -2.40. The van der Waals surface area contributed by atoms with E-state index in [4.69, 9.17) is 0 Å². The molecule has 20 heavy (non-hydrogen) atoms. The van der Waals surface area contributed by atoms with Crippen LogP contribution in [-0.2, 0) is 9.84 Å². The molecule has 1 aliphatic rings. The second kappa shape index (κ2) is 4.66. The molecule has 0 spiro atoms. The molecule has 0 atom stereocenters. The molecule has 7 heteroatoms. The number of anilines is 1. The van der Waals surface area contributed by atoms with Crippen LogP contribution in [0.5, 0.6) is 0 Å². The molecular weight excluding hydrogens is 286 g/mol. The van der Waals surface area contributed by atoms with Gasteiger partial charge < -0.3 is 4.90 Å². The van der Waals surface area contributed by atoms with Crippen LogP contribution in [0.25, 0.3) is 10.9 Å². The van der Waals surface area contributed by atoms with Gasteiger partial charge in [0, 0.05) is 36.4 Å². The van der Waals surface area contributed by atoms with Gasteiger partial charge >= 0.3 is 0 Å². The lowest BCUT2D eigenvalue weighted by Gasteiger charge is -2.29. The predicted molar refractivity (Wildman–Crippen MR) is 72.5 cm³/mol. The van der Waals surface area contributed by atoms with Crippen LogP contribution in [0.4, 0.5) is 14.5 Å². The van der Waals surface area contributed by atoms with E-state index in [0.29, 0.717) is 24.2 Å². The van der Waals surface area contributed by atoms with Gasteiger partial charge in [-0.15, -0.1) is 0 Å². The average molecular weight is 298 g/mol. The predicted octanol–water partition coefficient (Wildman–Crippen LogP) is 1.75. The van der Waals surface area contributed by atoms with E-state index in [2.05, 4.69) is 4.98 Å². The summed E-state index contributed by atoms with van der Waals surface area (Å²) in [4.78, 5) is 5.74. The van der Waals surface area contributed by atoms with Crippen molar-refractivity contribution in [2.45, 2.75) is 0 Å². The number of halogens is 2. The average Bonchev–Trinajstić information content (AvgIpc) is 2.38. The maximum atomic E-state index is 13.7. The summed E-state index contributed by atoms with van der Waals surface area (Å²) in [5.74, 6) is -1.29. The van der Waals surface area contributed by atoms with Crippen LogP contribution in [0.1, 0.15) is 0 Å². The van der Waals surface area contributed by atoms with Crippen molar-refractivity contribution in [2.75, 3.05) is 29.5 Å². The van der Waals surface area contributed by atoms with Gasteiger partial charge in [0.25, 0.3) is 0 Å². The van der Waals surface area contributed by atoms with E-state index in [1.54, 1.807) is 6.07 Å². The molecule has 1 aromatic heterocycles. The van der Waals surface area contributed by atoms with Crippen LogP contribution in [0, 0.1) is 11.6 Å². The normalized spacial score (nSPS) is 18.4. The van der Waals surface area contributed by atoms with Crippen molar-refractivity contribution in [3.05, 3.63) is 36.0 Å². The minimum Gasteiger partial charge on any atom is -0.369 e. The molecule has 0 saturated carbocycles. The highest BCUT2D eigenvalue weighted by molar-refractivity contribution is 7.91. The number of fused-ring (bicyclic) bond motifs is 1. The van der Waals surface area contributed by atoms with Crippen molar-refractivity contribution < 1.29 is 17.2 Å². The summed E-state index contributed by atoms with van der Waals surface area (Å²) in [6.45, 7) is 0.638. The van der Waals surface area contributed by atoms with Gasteiger partial charge in [-0.1, -0.05) is 0 Å². The van der Waals surface area contributed by atoms with E-state index in [9.17, 15) is 17.2 Å². The van der Waals surface area contributed by atoms with Crippen molar-refractivity contribution in [2.24, 2.45) is 0 Å². The Balaban J connectivity index is 2.08. The fourth-order valence-corrected chi connectivity index (χ4v) is 3.59. The SMILES string of the molecule is O=S1(=O)CCN(c2ccnc3c(F)cc(F)cc23)CC1. The summed E-state index contributed by atoms with van der Waals surface area (Å²) in [7, 11) is -3.00. The van der Waals surface area contributed by atoms with Gasteiger partial charge in [0.05, 0.1) is 11.5 Å². The molecule has 2 heterocycles. The number of aromatic nitrogens is 1. The molecule has 0 N–H and O–H groups in total. The minimum atomic E-state index is -3.00. The number of sulfone groups is 1. The third-order valence-electron chi connectivity index (χ3n) is 3.43. The van der Waals surface area contributed by atoms with Crippen LogP contribution in [0.15, 0.2) is 24.4 Å². The van der Waals surface area contributed by atoms with Crippen LogP contribution in [0.3, 0.4) is 0 Å². The van der Waals surface area contributed by atoms with E-state index in [0.717, 1.165) is 6.07 Å². The monoisotopic (exact) mass is 298 g/mol. The number of pyridine rings is 1. The quantitative estimate of drug-likeness (QED) is 0.805. The van der Waals surface area contributed by atoms with Crippen LogP contribution >= 0.6 is 0 Å². The molecule has 1 aromatic carbocycles. The van der Waals surface area contributed by atoms with Crippen molar-refractivity contribution in [3.63, 3.8) is 0 Å². The molecule has 1 saturated heterocycles. The van der Waals surface area contributed by atoms with Gasteiger partial charge in [0.1, 0.15) is 11.3 Å². The molecular formula is C13H12F2N2O2S. The highest BCUT2D eigenvalue weighted by Crippen LogP contribution is 2.28. The molecule has 3 rings (SSSR count).